The summed E-state index contributed by atoms with van der Waals surface area (Å²) in [4.78, 5) is 0. The number of hydrogen-bond acceptors (Lipinski definition) is 2. The largest absolute Gasteiger partial charge is 0.306 e. The van der Waals surface area contributed by atoms with Crippen molar-refractivity contribution < 1.29 is 0 Å². The number of para-hydroxylation sites is 1. The SMILES string of the molecule is Cn1nc(CNC(C)(C)C)c2ccccc21. The van der Waals surface area contributed by atoms with Gasteiger partial charge >= 0.3 is 0 Å². The molecule has 0 unspecified atom stereocenters. The second-order valence-electron chi connectivity index (χ2n) is 5.19. The predicted molar refractivity (Wildman–Crippen MR) is 67.3 cm³/mol. The van der Waals surface area contributed by atoms with Gasteiger partial charge in [0.05, 0.1) is 11.2 Å². The monoisotopic (exact) mass is 217 g/mol. The van der Waals surface area contributed by atoms with Gasteiger partial charge in [-0.1, -0.05) is 18.2 Å². The fourth-order valence-electron chi connectivity index (χ4n) is 1.77. The van der Waals surface area contributed by atoms with E-state index < -0.39 is 0 Å². The van der Waals surface area contributed by atoms with Crippen LogP contribution in [0, 0.1) is 0 Å². The lowest BCUT2D eigenvalue weighted by molar-refractivity contribution is 0.421. The molecule has 1 aromatic carbocycles. The van der Waals surface area contributed by atoms with Gasteiger partial charge in [0.15, 0.2) is 0 Å². The topological polar surface area (TPSA) is 29.9 Å². The summed E-state index contributed by atoms with van der Waals surface area (Å²) in [6.07, 6.45) is 0. The molecule has 16 heavy (non-hydrogen) atoms. The predicted octanol–water partition coefficient (Wildman–Crippen LogP) is 2.46. The van der Waals surface area contributed by atoms with Crippen molar-refractivity contribution in [2.45, 2.75) is 32.9 Å². The van der Waals surface area contributed by atoms with Crippen LogP contribution in [0.5, 0.6) is 0 Å². The molecule has 0 atom stereocenters. The van der Waals surface area contributed by atoms with Crippen LogP contribution in [0.25, 0.3) is 10.9 Å². The molecule has 1 N–H and O–H groups in total. The Bertz CT molecular complexity index is 491. The molecule has 3 nitrogen and oxygen atoms in total. The average Bonchev–Trinajstić information content (AvgIpc) is 2.53. The second kappa shape index (κ2) is 3.91. The normalized spacial score (nSPS) is 12.2. The number of fused-ring (bicyclic) bond motifs is 1. The Kier molecular flexibility index (Phi) is 2.72. The number of aryl methyl sites for hydroxylation is 1. The van der Waals surface area contributed by atoms with Gasteiger partial charge in [-0.05, 0) is 26.8 Å². The van der Waals surface area contributed by atoms with Gasteiger partial charge in [0, 0.05) is 24.5 Å². The van der Waals surface area contributed by atoms with Crippen LogP contribution in [0.2, 0.25) is 0 Å². The van der Waals surface area contributed by atoms with Gasteiger partial charge in [0.25, 0.3) is 0 Å². The van der Waals surface area contributed by atoms with Gasteiger partial charge in [-0.25, -0.2) is 0 Å². The van der Waals surface area contributed by atoms with Crippen molar-refractivity contribution in [1.82, 2.24) is 15.1 Å². The fourth-order valence-corrected chi connectivity index (χ4v) is 1.77. The van der Waals surface area contributed by atoms with Crippen LogP contribution in [0.1, 0.15) is 26.5 Å². The number of nitrogens with one attached hydrogen (secondary N) is 1. The van der Waals surface area contributed by atoms with E-state index in [-0.39, 0.29) is 5.54 Å². The first-order chi connectivity index (χ1) is 7.47. The van der Waals surface area contributed by atoms with Gasteiger partial charge < -0.3 is 5.32 Å². The molecule has 0 fully saturated rings. The van der Waals surface area contributed by atoms with Crippen LogP contribution in [0.15, 0.2) is 24.3 Å². The van der Waals surface area contributed by atoms with E-state index in [2.05, 4.69) is 49.4 Å². The maximum absolute atomic E-state index is 4.55. The first-order valence-electron chi connectivity index (χ1n) is 5.63. The number of rotatable bonds is 2. The third-order valence-corrected chi connectivity index (χ3v) is 2.62. The van der Waals surface area contributed by atoms with Gasteiger partial charge in [0.2, 0.25) is 0 Å². The van der Waals surface area contributed by atoms with E-state index in [0.717, 1.165) is 12.2 Å². The first kappa shape index (κ1) is 11.1. The van der Waals surface area contributed by atoms with Gasteiger partial charge in [-0.3, -0.25) is 4.68 Å². The van der Waals surface area contributed by atoms with Crippen molar-refractivity contribution in [3.63, 3.8) is 0 Å². The maximum Gasteiger partial charge on any atom is 0.0841 e. The molecule has 3 heteroatoms. The van der Waals surface area contributed by atoms with E-state index in [0.29, 0.717) is 0 Å². The Morgan fingerprint density at radius 1 is 1.25 bits per heavy atom. The molecule has 0 aliphatic carbocycles. The second-order valence-corrected chi connectivity index (χ2v) is 5.19. The van der Waals surface area contributed by atoms with Crippen LogP contribution in [-0.2, 0) is 13.6 Å². The molecule has 0 bridgehead atoms. The van der Waals surface area contributed by atoms with Crippen molar-refractivity contribution in [3.05, 3.63) is 30.0 Å². The summed E-state index contributed by atoms with van der Waals surface area (Å²) in [6, 6.07) is 8.33. The van der Waals surface area contributed by atoms with Crippen molar-refractivity contribution in [2.24, 2.45) is 7.05 Å². The van der Waals surface area contributed by atoms with Gasteiger partial charge in [-0.2, -0.15) is 5.10 Å². The van der Waals surface area contributed by atoms with Crippen LogP contribution in [0.3, 0.4) is 0 Å². The number of benzene rings is 1. The van der Waals surface area contributed by atoms with Crippen molar-refractivity contribution in [2.75, 3.05) is 0 Å². The molecule has 86 valence electrons. The fraction of sp³-hybridized carbons (Fsp3) is 0.462. The lowest BCUT2D eigenvalue weighted by Gasteiger charge is -2.19. The Balaban J connectivity index is 2.31. The van der Waals surface area contributed by atoms with Crippen LogP contribution >= 0.6 is 0 Å². The minimum absolute atomic E-state index is 0.124. The van der Waals surface area contributed by atoms with Crippen molar-refractivity contribution in [1.29, 1.82) is 0 Å². The lowest BCUT2D eigenvalue weighted by atomic mass is 10.1. The molecule has 0 radical (unpaired) electrons. The molecule has 1 aromatic heterocycles. The molecule has 0 saturated carbocycles. The maximum atomic E-state index is 4.55. The highest BCUT2D eigenvalue weighted by atomic mass is 15.3. The Labute approximate surface area is 96.5 Å². The zero-order valence-corrected chi connectivity index (χ0v) is 10.4. The summed E-state index contributed by atoms with van der Waals surface area (Å²) in [5, 5.41) is 9.25. The van der Waals surface area contributed by atoms with Crippen molar-refractivity contribution in [3.8, 4) is 0 Å². The Morgan fingerprint density at radius 2 is 1.94 bits per heavy atom. The molecule has 0 spiro atoms. The molecule has 0 aliphatic rings. The molecule has 0 saturated heterocycles. The molecule has 0 aliphatic heterocycles. The van der Waals surface area contributed by atoms with E-state index in [9.17, 15) is 0 Å². The van der Waals surface area contributed by atoms with Gasteiger partial charge in [0.1, 0.15) is 0 Å². The van der Waals surface area contributed by atoms with Crippen molar-refractivity contribution >= 4 is 10.9 Å². The first-order valence-corrected chi connectivity index (χ1v) is 5.63. The minimum atomic E-state index is 0.124. The zero-order chi connectivity index (χ0) is 11.8. The van der Waals surface area contributed by atoms with Crippen LogP contribution < -0.4 is 5.32 Å². The summed E-state index contributed by atoms with van der Waals surface area (Å²) < 4.78 is 1.94. The van der Waals surface area contributed by atoms with Crippen LogP contribution in [0.4, 0.5) is 0 Å². The summed E-state index contributed by atoms with van der Waals surface area (Å²) >= 11 is 0. The lowest BCUT2D eigenvalue weighted by Crippen LogP contribution is -2.35. The summed E-state index contributed by atoms with van der Waals surface area (Å²) in [6.45, 7) is 7.30. The molecular formula is C13H19N3. The van der Waals surface area contributed by atoms with E-state index in [1.54, 1.807) is 0 Å². The Morgan fingerprint density at radius 3 is 2.62 bits per heavy atom. The van der Waals surface area contributed by atoms with Crippen LogP contribution in [-0.4, -0.2) is 15.3 Å². The third kappa shape index (κ3) is 2.25. The third-order valence-electron chi connectivity index (χ3n) is 2.62. The zero-order valence-electron chi connectivity index (χ0n) is 10.4. The van der Waals surface area contributed by atoms with E-state index in [4.69, 9.17) is 0 Å². The minimum Gasteiger partial charge on any atom is -0.306 e. The molecule has 2 rings (SSSR count). The highest BCUT2D eigenvalue weighted by Gasteiger charge is 2.12. The summed E-state index contributed by atoms with van der Waals surface area (Å²) in [5.41, 5.74) is 2.43. The molecule has 1 heterocycles. The highest BCUT2D eigenvalue weighted by Crippen LogP contribution is 2.17. The van der Waals surface area contributed by atoms with E-state index >= 15 is 0 Å². The average molecular weight is 217 g/mol. The number of hydrogen-bond donors (Lipinski definition) is 1. The summed E-state index contributed by atoms with van der Waals surface area (Å²) in [7, 11) is 1.99. The molecular weight excluding hydrogens is 198 g/mol. The molecule has 2 aromatic rings. The number of aromatic nitrogens is 2. The quantitative estimate of drug-likeness (QED) is 0.837. The smallest absolute Gasteiger partial charge is 0.0841 e. The Hall–Kier alpha value is -1.35. The number of nitrogens with zero attached hydrogens (tertiary/aromatic N) is 2. The molecule has 0 amide bonds. The standard InChI is InChI=1S/C13H19N3/c1-13(2,3)14-9-11-10-7-5-6-8-12(10)16(4)15-11/h5-8,14H,9H2,1-4H3. The highest BCUT2D eigenvalue weighted by molar-refractivity contribution is 5.81. The van der Waals surface area contributed by atoms with E-state index in [1.807, 2.05) is 17.8 Å². The van der Waals surface area contributed by atoms with E-state index in [1.165, 1.54) is 10.9 Å². The van der Waals surface area contributed by atoms with Gasteiger partial charge in [-0.15, -0.1) is 0 Å². The summed E-state index contributed by atoms with van der Waals surface area (Å²) in [5.74, 6) is 0.